The maximum Gasteiger partial charge on any atom is 0.193 e. The summed E-state index contributed by atoms with van der Waals surface area (Å²) in [6, 6.07) is 0. The molecule has 0 aromatic rings. The summed E-state index contributed by atoms with van der Waals surface area (Å²) >= 11 is 0. The lowest BCUT2D eigenvalue weighted by molar-refractivity contribution is 0.204. The van der Waals surface area contributed by atoms with E-state index < -0.39 is 16.4 Å². The van der Waals surface area contributed by atoms with Crippen LogP contribution in [0, 0.1) is 0 Å². The summed E-state index contributed by atoms with van der Waals surface area (Å²) in [5, 5.41) is 0.337. The van der Waals surface area contributed by atoms with Gasteiger partial charge in [-0.2, -0.15) is 0 Å². The molecule has 0 saturated carbocycles. The predicted octanol–water partition coefficient (Wildman–Crippen LogP) is 5.26. The third kappa shape index (κ3) is 3.89. The zero-order chi connectivity index (χ0) is 14.1. The monoisotopic (exact) mass is 292 g/mol. The van der Waals surface area contributed by atoms with Crippen LogP contribution in [0.2, 0.25) is 37.8 Å². The van der Waals surface area contributed by atoms with E-state index in [1.54, 1.807) is 0 Å². The van der Waals surface area contributed by atoms with Gasteiger partial charge in [0, 0.05) is 0 Å². The van der Waals surface area contributed by atoms with Crippen molar-refractivity contribution in [3.8, 4) is 0 Å². The Hall–Kier alpha value is 0.824. The molecular weight excluding hydrogens is 259 g/mol. The van der Waals surface area contributed by atoms with Gasteiger partial charge in [0.05, 0.1) is 13.0 Å². The molecule has 0 bridgehead atoms. The van der Waals surface area contributed by atoms with E-state index in [-0.39, 0.29) is 4.97 Å². The van der Waals surface area contributed by atoms with E-state index in [0.717, 1.165) is 6.42 Å². The van der Waals surface area contributed by atoms with Gasteiger partial charge in [0.15, 0.2) is 8.32 Å². The van der Waals surface area contributed by atoms with Crippen molar-refractivity contribution >= 4 is 25.6 Å². The molecule has 0 aromatic carbocycles. The third-order valence-corrected chi connectivity index (χ3v) is 15.8. The smallest absolute Gasteiger partial charge is 0.193 e. The second-order valence-corrected chi connectivity index (χ2v) is 18.8. The highest BCUT2D eigenvalue weighted by atomic mass is 31.0. The molecule has 0 heterocycles. The maximum atomic E-state index is 6.76. The third-order valence-electron chi connectivity index (χ3n) is 4.75. The van der Waals surface area contributed by atoms with Gasteiger partial charge in [-0.15, -0.1) is 9.24 Å². The lowest BCUT2D eigenvalue weighted by atomic mass is 10.1. The van der Waals surface area contributed by atoms with Gasteiger partial charge in [-0.05, 0) is 24.6 Å². The molecule has 2 atom stereocenters. The van der Waals surface area contributed by atoms with Crippen LogP contribution in [0.1, 0.15) is 40.5 Å². The number of hydrogen-bond donors (Lipinski definition) is 0. The van der Waals surface area contributed by atoms with Gasteiger partial charge in [-0.3, -0.25) is 0 Å². The van der Waals surface area contributed by atoms with E-state index in [2.05, 4.69) is 69.7 Å². The molecular formula is C13H33OPSi2. The number of hydrogen-bond acceptors (Lipinski definition) is 1. The second-order valence-electron chi connectivity index (χ2n) is 7.34. The van der Waals surface area contributed by atoms with Crippen LogP contribution >= 0.6 is 9.24 Å². The molecule has 0 N–H and O–H groups in total. The van der Waals surface area contributed by atoms with Crippen molar-refractivity contribution in [2.75, 3.05) is 0 Å². The highest BCUT2D eigenvalue weighted by Gasteiger charge is 2.48. The fourth-order valence-electron chi connectivity index (χ4n) is 1.77. The van der Waals surface area contributed by atoms with Crippen molar-refractivity contribution in [1.82, 2.24) is 0 Å². The molecule has 0 saturated heterocycles. The minimum absolute atomic E-state index is 0.0369. The molecule has 0 radical (unpaired) electrons. The zero-order valence-electron chi connectivity index (χ0n) is 13.4. The molecule has 0 amide bonds. The molecule has 0 aromatic heterocycles. The fourth-order valence-corrected chi connectivity index (χ4v) is 7.89. The molecule has 2 unspecified atom stereocenters. The Morgan fingerprint density at radius 2 is 1.35 bits per heavy atom. The van der Waals surface area contributed by atoms with Crippen molar-refractivity contribution < 1.29 is 4.43 Å². The van der Waals surface area contributed by atoms with Gasteiger partial charge < -0.3 is 4.43 Å². The summed E-state index contributed by atoms with van der Waals surface area (Å²) in [7, 11) is 0.0335. The van der Waals surface area contributed by atoms with Gasteiger partial charge in [-0.25, -0.2) is 0 Å². The minimum atomic E-state index is -1.68. The minimum Gasteiger partial charge on any atom is -0.411 e. The van der Waals surface area contributed by atoms with Crippen molar-refractivity contribution in [1.29, 1.82) is 0 Å². The molecule has 0 aliphatic rings. The van der Waals surface area contributed by atoms with Crippen LogP contribution in [0.3, 0.4) is 0 Å². The van der Waals surface area contributed by atoms with Crippen LogP contribution in [-0.2, 0) is 4.43 Å². The Balaban J connectivity index is 5.17. The predicted molar refractivity (Wildman–Crippen MR) is 89.0 cm³/mol. The molecule has 0 spiro atoms. The molecule has 0 fully saturated rings. The van der Waals surface area contributed by atoms with E-state index in [1.807, 2.05) is 0 Å². The van der Waals surface area contributed by atoms with Crippen LogP contribution in [-0.4, -0.2) is 21.4 Å². The summed E-state index contributed by atoms with van der Waals surface area (Å²) in [6.07, 6.45) is 2.30. The molecule has 17 heavy (non-hydrogen) atoms. The lowest BCUT2D eigenvalue weighted by Gasteiger charge is -2.49. The maximum absolute atomic E-state index is 6.76. The van der Waals surface area contributed by atoms with Gasteiger partial charge in [-0.1, -0.05) is 53.8 Å². The standard InChI is InChI=1S/C13H33OPSi2/c1-10-12(3,4)17(8,9)14-13(15,11-2)16(5,6)7/h10-11,15H2,1-9H3. The Labute approximate surface area is 113 Å². The van der Waals surface area contributed by atoms with Crippen LogP contribution in [0.15, 0.2) is 0 Å². The average molecular weight is 293 g/mol. The van der Waals surface area contributed by atoms with Gasteiger partial charge in [0.2, 0.25) is 0 Å². The lowest BCUT2D eigenvalue weighted by Crippen LogP contribution is -2.57. The van der Waals surface area contributed by atoms with Crippen molar-refractivity contribution in [3.63, 3.8) is 0 Å². The first kappa shape index (κ1) is 17.8. The van der Waals surface area contributed by atoms with Crippen LogP contribution < -0.4 is 0 Å². The van der Waals surface area contributed by atoms with E-state index >= 15 is 0 Å². The van der Waals surface area contributed by atoms with Crippen LogP contribution in [0.25, 0.3) is 0 Å². The zero-order valence-corrected chi connectivity index (χ0v) is 16.6. The fraction of sp³-hybridized carbons (Fsp3) is 1.00. The normalized spacial score (nSPS) is 18.0. The van der Waals surface area contributed by atoms with Gasteiger partial charge in [0.25, 0.3) is 0 Å². The van der Waals surface area contributed by atoms with Crippen molar-refractivity contribution in [3.05, 3.63) is 0 Å². The van der Waals surface area contributed by atoms with E-state index in [1.165, 1.54) is 6.42 Å². The van der Waals surface area contributed by atoms with Crippen LogP contribution in [0.4, 0.5) is 0 Å². The van der Waals surface area contributed by atoms with E-state index in [4.69, 9.17) is 4.43 Å². The molecule has 1 nitrogen and oxygen atoms in total. The molecule has 104 valence electrons. The summed E-state index contributed by atoms with van der Waals surface area (Å²) in [4.78, 5) is 0.0369. The summed E-state index contributed by atoms with van der Waals surface area (Å²) < 4.78 is 6.76. The first-order valence-electron chi connectivity index (χ1n) is 6.82. The first-order valence-corrected chi connectivity index (χ1v) is 13.8. The number of rotatable bonds is 6. The highest BCUT2D eigenvalue weighted by molar-refractivity contribution is 7.26. The SMILES string of the molecule is CCC(P)(O[Si](C)(C)C(C)(C)CC)[Si](C)(C)C. The Bertz CT molecular complexity index is 259. The Morgan fingerprint density at radius 1 is 0.941 bits per heavy atom. The molecule has 0 aliphatic heterocycles. The largest absolute Gasteiger partial charge is 0.411 e. The summed E-state index contributed by atoms with van der Waals surface area (Å²) in [5.41, 5.74) is 0. The van der Waals surface area contributed by atoms with Gasteiger partial charge in [0.1, 0.15) is 0 Å². The molecule has 4 heteroatoms. The Morgan fingerprint density at radius 3 is 1.59 bits per heavy atom. The Kier molecular flexibility index (Phi) is 5.71. The second kappa shape index (κ2) is 5.44. The average Bonchev–Trinajstić information content (AvgIpc) is 2.14. The quantitative estimate of drug-likeness (QED) is 0.479. The summed E-state index contributed by atoms with van der Waals surface area (Å²) in [6.45, 7) is 21.3. The highest BCUT2D eigenvalue weighted by Crippen LogP contribution is 2.47. The van der Waals surface area contributed by atoms with Crippen molar-refractivity contribution in [2.45, 2.75) is 83.3 Å². The van der Waals surface area contributed by atoms with E-state index in [9.17, 15) is 0 Å². The van der Waals surface area contributed by atoms with E-state index in [0.29, 0.717) is 5.04 Å². The van der Waals surface area contributed by atoms with Crippen molar-refractivity contribution in [2.24, 2.45) is 0 Å². The topological polar surface area (TPSA) is 9.23 Å². The van der Waals surface area contributed by atoms with Gasteiger partial charge >= 0.3 is 0 Å². The first-order chi connectivity index (χ1) is 7.33. The summed E-state index contributed by atoms with van der Waals surface area (Å²) in [5.74, 6) is 0. The molecule has 0 rings (SSSR count). The molecule has 0 aliphatic carbocycles. The van der Waals surface area contributed by atoms with Crippen LogP contribution in [0.5, 0.6) is 0 Å².